The van der Waals surface area contributed by atoms with E-state index in [4.69, 9.17) is 9.47 Å². The van der Waals surface area contributed by atoms with Crippen LogP contribution in [0.25, 0.3) is 6.08 Å². The van der Waals surface area contributed by atoms with E-state index in [1.165, 1.54) is 31.3 Å². The van der Waals surface area contributed by atoms with Crippen LogP contribution < -0.4 is 14.8 Å². The van der Waals surface area contributed by atoms with Crippen LogP contribution in [0.1, 0.15) is 49.7 Å². The zero-order chi connectivity index (χ0) is 27.1. The van der Waals surface area contributed by atoms with Crippen LogP contribution in [0, 0.1) is 17.8 Å². The highest BCUT2D eigenvalue weighted by Crippen LogP contribution is 2.55. The van der Waals surface area contributed by atoms with Crippen LogP contribution in [-0.2, 0) is 16.1 Å². The second-order valence-electron chi connectivity index (χ2n) is 11.3. The SMILES string of the molecule is COc1cc(/C=C2\SC(=O)N(Cc3ccccc3Br)C2=O)ccc1OCC(=O)NC12CC3CC(CC(C3)C1)C2. The Labute approximate surface area is 240 Å². The van der Waals surface area contributed by atoms with Crippen molar-refractivity contribution >= 4 is 50.8 Å². The lowest BCUT2D eigenvalue weighted by molar-refractivity contribution is -0.129. The van der Waals surface area contributed by atoms with E-state index in [2.05, 4.69) is 21.2 Å². The third-order valence-electron chi connectivity index (χ3n) is 8.45. The molecule has 7 rings (SSSR count). The predicted octanol–water partition coefficient (Wildman–Crippen LogP) is 6.16. The molecule has 204 valence electrons. The number of halogens is 1. The van der Waals surface area contributed by atoms with Gasteiger partial charge in [0.25, 0.3) is 17.1 Å². The topological polar surface area (TPSA) is 84.9 Å². The summed E-state index contributed by atoms with van der Waals surface area (Å²) in [5, 5.41) is 3.03. The van der Waals surface area contributed by atoms with Crippen molar-refractivity contribution in [2.24, 2.45) is 17.8 Å². The molecule has 3 amide bonds. The normalized spacial score (nSPS) is 28.3. The van der Waals surface area contributed by atoms with Crippen LogP contribution in [-0.4, -0.2) is 41.2 Å². The molecule has 39 heavy (non-hydrogen) atoms. The summed E-state index contributed by atoms with van der Waals surface area (Å²) in [6.07, 6.45) is 8.94. The summed E-state index contributed by atoms with van der Waals surface area (Å²) in [4.78, 5) is 40.1. The summed E-state index contributed by atoms with van der Waals surface area (Å²) in [5.41, 5.74) is 1.50. The van der Waals surface area contributed by atoms with Crippen LogP contribution in [0.15, 0.2) is 51.8 Å². The number of methoxy groups -OCH3 is 1. The summed E-state index contributed by atoms with van der Waals surface area (Å²) in [5.74, 6) is 2.75. The number of hydrogen-bond donors (Lipinski definition) is 1. The van der Waals surface area contributed by atoms with Crippen molar-refractivity contribution < 1.29 is 23.9 Å². The van der Waals surface area contributed by atoms with E-state index in [0.29, 0.717) is 22.0 Å². The first-order valence-electron chi connectivity index (χ1n) is 13.4. The van der Waals surface area contributed by atoms with Gasteiger partial charge in [0, 0.05) is 10.0 Å². The van der Waals surface area contributed by atoms with Crippen molar-refractivity contribution in [1.29, 1.82) is 0 Å². The van der Waals surface area contributed by atoms with Gasteiger partial charge in [0.2, 0.25) is 0 Å². The number of rotatable bonds is 8. The number of carbonyl (C=O) groups is 3. The fourth-order valence-corrected chi connectivity index (χ4v) is 8.47. The number of thioether (sulfide) groups is 1. The van der Waals surface area contributed by atoms with E-state index in [9.17, 15) is 14.4 Å². The summed E-state index contributed by atoms with van der Waals surface area (Å²) in [6, 6.07) is 12.8. The highest BCUT2D eigenvalue weighted by atomic mass is 79.9. The standard InChI is InChI=1S/C30H31BrN2O5S/c1-37-25-11-18(12-26-28(35)33(29(36)39-26)16-22-4-2-3-5-23(22)31)6-7-24(25)38-17-27(34)32-30-13-19-8-20(14-30)10-21(9-19)15-30/h2-7,11-12,19-21H,8-10,13-17H2,1H3,(H,32,34)/b26-12-. The Balaban J connectivity index is 1.09. The van der Waals surface area contributed by atoms with Crippen LogP contribution in [0.2, 0.25) is 0 Å². The van der Waals surface area contributed by atoms with Crippen LogP contribution in [0.4, 0.5) is 4.79 Å². The summed E-state index contributed by atoms with van der Waals surface area (Å²) < 4.78 is 12.2. The Morgan fingerprint density at radius 2 is 1.77 bits per heavy atom. The van der Waals surface area contributed by atoms with Gasteiger partial charge in [-0.15, -0.1) is 0 Å². The monoisotopic (exact) mass is 610 g/mol. The Morgan fingerprint density at radius 3 is 2.44 bits per heavy atom. The van der Waals surface area contributed by atoms with E-state index >= 15 is 0 Å². The molecule has 5 fully saturated rings. The first-order chi connectivity index (χ1) is 18.8. The van der Waals surface area contributed by atoms with E-state index in [1.54, 1.807) is 24.3 Å². The zero-order valence-corrected chi connectivity index (χ0v) is 24.2. The van der Waals surface area contributed by atoms with Crippen molar-refractivity contribution in [1.82, 2.24) is 10.2 Å². The fraction of sp³-hybridized carbons (Fsp3) is 0.433. The molecule has 2 aromatic carbocycles. The number of hydrogen-bond acceptors (Lipinski definition) is 6. The molecule has 9 heteroatoms. The molecule has 1 heterocycles. The molecule has 5 aliphatic rings. The molecule has 4 bridgehead atoms. The summed E-state index contributed by atoms with van der Waals surface area (Å²) >= 11 is 4.39. The van der Waals surface area contributed by atoms with Crippen LogP contribution in [0.5, 0.6) is 11.5 Å². The number of imide groups is 1. The number of nitrogens with one attached hydrogen (secondary N) is 1. The number of carbonyl (C=O) groups excluding carboxylic acids is 3. The van der Waals surface area contributed by atoms with Crippen LogP contribution in [0.3, 0.4) is 0 Å². The van der Waals surface area contributed by atoms with Gasteiger partial charge in [0.1, 0.15) is 0 Å². The number of benzene rings is 2. The first-order valence-corrected chi connectivity index (χ1v) is 15.0. The van der Waals surface area contributed by atoms with Crippen molar-refractivity contribution in [3.8, 4) is 11.5 Å². The van der Waals surface area contributed by atoms with Gasteiger partial charge < -0.3 is 14.8 Å². The summed E-state index contributed by atoms with van der Waals surface area (Å²) in [6.45, 7) is 0.121. The maximum absolute atomic E-state index is 13.0. The Bertz CT molecular complexity index is 1320. The maximum Gasteiger partial charge on any atom is 0.293 e. The third-order valence-corrected chi connectivity index (χ3v) is 10.1. The number of amides is 3. The average molecular weight is 612 g/mol. The van der Waals surface area contributed by atoms with E-state index in [-0.39, 0.29) is 35.7 Å². The van der Waals surface area contributed by atoms with Crippen molar-refractivity contribution in [2.45, 2.75) is 50.6 Å². The molecule has 7 nitrogen and oxygen atoms in total. The highest BCUT2D eigenvalue weighted by Gasteiger charge is 2.51. The first kappa shape index (κ1) is 26.4. The lowest BCUT2D eigenvalue weighted by atomic mass is 9.53. The molecule has 1 saturated heterocycles. The minimum Gasteiger partial charge on any atom is -0.493 e. The van der Waals surface area contributed by atoms with E-state index in [0.717, 1.165) is 58.8 Å². The van der Waals surface area contributed by atoms with Gasteiger partial charge in [-0.2, -0.15) is 0 Å². The molecule has 4 aliphatic carbocycles. The molecular formula is C30H31BrN2O5S. The van der Waals surface area contributed by atoms with E-state index < -0.39 is 0 Å². The second kappa shape index (κ2) is 10.7. The van der Waals surface area contributed by atoms with Gasteiger partial charge in [0.05, 0.1) is 18.6 Å². The Morgan fingerprint density at radius 1 is 1.08 bits per heavy atom. The molecule has 2 aromatic rings. The van der Waals surface area contributed by atoms with Crippen LogP contribution >= 0.6 is 27.7 Å². The smallest absolute Gasteiger partial charge is 0.293 e. The quantitative estimate of drug-likeness (QED) is 0.360. The van der Waals surface area contributed by atoms with Crippen molar-refractivity contribution in [3.05, 3.63) is 63.0 Å². The molecule has 1 aliphatic heterocycles. The second-order valence-corrected chi connectivity index (χ2v) is 13.2. The lowest BCUT2D eigenvalue weighted by Gasteiger charge is -2.56. The van der Waals surface area contributed by atoms with Gasteiger partial charge in [-0.1, -0.05) is 40.2 Å². The third kappa shape index (κ3) is 5.48. The zero-order valence-electron chi connectivity index (χ0n) is 21.8. The minimum atomic E-state index is -0.332. The number of ether oxygens (including phenoxy) is 2. The molecule has 0 radical (unpaired) electrons. The van der Waals surface area contributed by atoms with Gasteiger partial charge >= 0.3 is 0 Å². The number of nitrogens with zero attached hydrogens (tertiary/aromatic N) is 1. The lowest BCUT2D eigenvalue weighted by Crippen LogP contribution is -2.60. The Kier molecular flexibility index (Phi) is 7.22. The molecule has 0 unspecified atom stereocenters. The highest BCUT2D eigenvalue weighted by molar-refractivity contribution is 9.10. The maximum atomic E-state index is 13.0. The largest absolute Gasteiger partial charge is 0.493 e. The summed E-state index contributed by atoms with van der Waals surface area (Å²) in [7, 11) is 1.53. The molecule has 0 aromatic heterocycles. The van der Waals surface area contributed by atoms with Gasteiger partial charge in [0.15, 0.2) is 18.1 Å². The molecule has 4 saturated carbocycles. The van der Waals surface area contributed by atoms with Crippen molar-refractivity contribution in [3.63, 3.8) is 0 Å². The van der Waals surface area contributed by atoms with Gasteiger partial charge in [-0.05, 0) is 103 Å². The predicted molar refractivity (Wildman–Crippen MR) is 153 cm³/mol. The molecule has 0 atom stereocenters. The van der Waals surface area contributed by atoms with Gasteiger partial charge in [-0.25, -0.2) is 0 Å². The van der Waals surface area contributed by atoms with E-state index in [1.807, 2.05) is 24.3 Å². The minimum absolute atomic E-state index is 0.0529. The van der Waals surface area contributed by atoms with Crippen molar-refractivity contribution in [2.75, 3.05) is 13.7 Å². The fourth-order valence-electron chi connectivity index (χ4n) is 7.22. The molecule has 1 N–H and O–H groups in total. The molecular weight excluding hydrogens is 580 g/mol. The van der Waals surface area contributed by atoms with Gasteiger partial charge in [-0.3, -0.25) is 19.3 Å². The molecule has 0 spiro atoms. The Hall–Kier alpha value is -2.78. The average Bonchev–Trinajstić information content (AvgIpc) is 3.15.